The molecule has 0 aliphatic heterocycles. The van der Waals surface area contributed by atoms with E-state index in [0.717, 1.165) is 10.1 Å². The van der Waals surface area contributed by atoms with Crippen molar-refractivity contribution >= 4 is 11.0 Å². The summed E-state index contributed by atoms with van der Waals surface area (Å²) >= 11 is 0. The number of hydrogen-bond donors (Lipinski definition) is 1. The van der Waals surface area contributed by atoms with Crippen LogP contribution in [-0.2, 0) is 31.9 Å². The minimum absolute atomic E-state index is 0. The number of fused-ring (bicyclic) bond motifs is 1. The number of nitrogens with zero attached hydrogens (tertiary/aromatic N) is 3. The van der Waals surface area contributed by atoms with Crippen molar-refractivity contribution in [2.45, 2.75) is 65.6 Å². The number of hydrogen-bond acceptors (Lipinski definition) is 3. The zero-order valence-electron chi connectivity index (χ0n) is 60.5. The number of benzene rings is 8. The van der Waals surface area contributed by atoms with Crippen molar-refractivity contribution in [3.63, 3.8) is 0 Å². The zero-order valence-corrected chi connectivity index (χ0v) is 38.8. The molecule has 2 heterocycles. The summed E-state index contributed by atoms with van der Waals surface area (Å²) in [4.78, 5) is 9.80. The average Bonchev–Trinajstić information content (AvgIpc) is 1.23. The summed E-state index contributed by atoms with van der Waals surface area (Å²) in [6.45, 7) is -30.8. The molecule has 4 nitrogen and oxygen atoms in total. The van der Waals surface area contributed by atoms with Gasteiger partial charge in [0.25, 0.3) is 0 Å². The number of pyridine rings is 1. The van der Waals surface area contributed by atoms with E-state index in [4.69, 9.17) is 42.9 Å². The van der Waals surface area contributed by atoms with E-state index in [1.165, 1.54) is 18.2 Å². The van der Waals surface area contributed by atoms with Crippen molar-refractivity contribution in [1.82, 2.24) is 14.5 Å². The maximum Gasteiger partial charge on any atom is 0.148 e. The summed E-state index contributed by atoms with van der Waals surface area (Å²) in [5, 5.41) is 13.1. The Labute approximate surface area is 455 Å². The van der Waals surface area contributed by atoms with Gasteiger partial charge in [-0.2, -0.15) is 0 Å². The second-order valence-electron chi connectivity index (χ2n) is 16.6. The molecule has 2 aromatic heterocycles. The second kappa shape index (κ2) is 18.7. The Morgan fingerprint density at radius 2 is 1.14 bits per heavy atom. The van der Waals surface area contributed by atoms with Crippen LogP contribution in [-0.4, -0.2) is 19.6 Å². The van der Waals surface area contributed by atoms with Crippen LogP contribution in [0.2, 0.25) is 0 Å². The van der Waals surface area contributed by atoms with Crippen molar-refractivity contribution in [2.24, 2.45) is 0 Å². The predicted octanol–water partition coefficient (Wildman–Crippen LogP) is 16.8. The quantitative estimate of drug-likeness (QED) is 0.154. The van der Waals surface area contributed by atoms with Crippen LogP contribution in [0.4, 0.5) is 0 Å². The van der Waals surface area contributed by atoms with Gasteiger partial charge in [0, 0.05) is 71.4 Å². The number of para-hydroxylation sites is 1. The minimum atomic E-state index is -4.27. The third-order valence-corrected chi connectivity index (χ3v) is 11.9. The molecule has 10 rings (SSSR count). The number of phenolic OH excluding ortho intramolecular Hbond substituents is 1. The summed E-state index contributed by atoms with van der Waals surface area (Å²) < 4.78 is 211. The number of imidazole rings is 1. The molecule has 69 heavy (non-hydrogen) atoms. The molecular weight excluding hydrogens is 1020 g/mol. The van der Waals surface area contributed by atoms with Gasteiger partial charge in [-0.1, -0.05) is 191 Å². The number of rotatable bonds is 8. The minimum Gasteiger partial charge on any atom is -0.507 e. The molecule has 0 fully saturated rings. The van der Waals surface area contributed by atoms with Gasteiger partial charge in [0.1, 0.15) is 11.6 Å². The summed E-state index contributed by atoms with van der Waals surface area (Å²) in [6, 6.07) is 52.1. The Balaban J connectivity index is 0.0000102. The maximum absolute atomic E-state index is 13.1. The van der Waals surface area contributed by atoms with Crippen molar-refractivity contribution < 1.29 is 59.1 Å². The molecule has 0 saturated heterocycles. The maximum atomic E-state index is 13.1. The number of aryl methyl sites for hydroxylation is 2. The van der Waals surface area contributed by atoms with E-state index in [0.29, 0.717) is 56.3 Å². The molecular formula is C64H56N3OPt-. The van der Waals surface area contributed by atoms with Crippen LogP contribution in [0.15, 0.2) is 188 Å². The van der Waals surface area contributed by atoms with Gasteiger partial charge in [0.15, 0.2) is 0 Å². The fourth-order valence-electron chi connectivity index (χ4n) is 8.59. The Morgan fingerprint density at radius 1 is 0.522 bits per heavy atom. The van der Waals surface area contributed by atoms with Gasteiger partial charge in [0.05, 0.1) is 22.3 Å². The van der Waals surface area contributed by atoms with Crippen molar-refractivity contribution in [1.29, 1.82) is 0 Å². The molecule has 8 aromatic carbocycles. The number of aromatic hydroxyl groups is 1. The van der Waals surface area contributed by atoms with Gasteiger partial charge in [-0.25, -0.2) is 4.98 Å². The first-order valence-electron chi connectivity index (χ1n) is 33.5. The molecule has 0 amide bonds. The van der Waals surface area contributed by atoms with Gasteiger partial charge in [-0.05, 0) is 117 Å². The molecule has 0 spiro atoms. The van der Waals surface area contributed by atoms with Crippen LogP contribution < -0.4 is 0 Å². The van der Waals surface area contributed by atoms with Crippen LogP contribution in [0.5, 0.6) is 5.75 Å². The smallest absolute Gasteiger partial charge is 0.148 e. The Hall–Kier alpha value is -7.13. The number of aromatic nitrogens is 3. The molecule has 0 aliphatic rings. The Morgan fingerprint density at radius 3 is 1.80 bits per heavy atom. The molecule has 1 N–H and O–H groups in total. The van der Waals surface area contributed by atoms with Gasteiger partial charge < -0.3 is 5.11 Å². The van der Waals surface area contributed by atoms with E-state index in [1.54, 1.807) is 97.2 Å². The first-order valence-corrected chi connectivity index (χ1v) is 21.5. The van der Waals surface area contributed by atoms with Crippen LogP contribution in [0.3, 0.4) is 0 Å². The van der Waals surface area contributed by atoms with Crippen LogP contribution in [0.1, 0.15) is 96.3 Å². The summed E-state index contributed by atoms with van der Waals surface area (Å²) in [5.74, 6) is -2.24. The van der Waals surface area contributed by atoms with E-state index in [-0.39, 0.29) is 60.5 Å². The third-order valence-electron chi connectivity index (χ3n) is 11.9. The molecule has 5 heteroatoms. The molecule has 0 unspecified atom stereocenters. The summed E-state index contributed by atoms with van der Waals surface area (Å²) in [6.07, 6.45) is 1.55. The first kappa shape index (κ1) is 26.0. The molecule has 0 bridgehead atoms. The molecule has 0 atom stereocenters. The first-order chi connectivity index (χ1) is 42.6. The van der Waals surface area contributed by atoms with Crippen LogP contribution >= 0.6 is 0 Å². The van der Waals surface area contributed by atoms with Gasteiger partial charge in [-0.15, -0.1) is 23.8 Å². The molecule has 10 aromatic rings. The third kappa shape index (κ3) is 9.39. The normalized spacial score (nSPS) is 18.3. The van der Waals surface area contributed by atoms with E-state index in [9.17, 15) is 5.11 Å². The van der Waals surface area contributed by atoms with Crippen molar-refractivity contribution in [2.75, 3.05) is 0 Å². The van der Waals surface area contributed by atoms with Crippen LogP contribution in [0.25, 0.3) is 95.0 Å². The monoisotopic (exact) mass is 1100 g/mol. The summed E-state index contributed by atoms with van der Waals surface area (Å²) in [5.41, 5.74) is -7.18. The van der Waals surface area contributed by atoms with Crippen molar-refractivity contribution in [3.8, 4) is 89.7 Å². The topological polar surface area (TPSA) is 50.9 Å². The molecule has 0 saturated carbocycles. The molecule has 344 valence electrons. The number of phenols is 1. The van der Waals surface area contributed by atoms with Crippen molar-refractivity contribution in [3.05, 3.63) is 217 Å². The second-order valence-corrected chi connectivity index (χ2v) is 16.6. The van der Waals surface area contributed by atoms with Gasteiger partial charge >= 0.3 is 0 Å². The van der Waals surface area contributed by atoms with Crippen LogP contribution in [0, 0.1) is 19.8 Å². The molecule has 0 radical (unpaired) electrons. The van der Waals surface area contributed by atoms with E-state index in [2.05, 4.69) is 6.07 Å². The van der Waals surface area contributed by atoms with Gasteiger partial charge in [0.2, 0.25) is 0 Å². The zero-order chi connectivity index (χ0) is 67.3. The Kier molecular flexibility index (Phi) is 7.07. The van der Waals surface area contributed by atoms with E-state index in [1.807, 2.05) is 60.7 Å². The predicted molar refractivity (Wildman–Crippen MR) is 284 cm³/mol. The largest absolute Gasteiger partial charge is 0.507 e. The molecule has 0 aliphatic carbocycles. The fourth-order valence-corrected chi connectivity index (χ4v) is 8.59. The van der Waals surface area contributed by atoms with Gasteiger partial charge in [-0.3, -0.25) is 9.55 Å². The standard InChI is InChI=1S/C64H56N3O.Pt/c1-41-31-48(44-21-14-10-15-22-44)34-49(32-41)47-29-30-65-57(38-47)52-36-50(45-23-16-11-17-24-45)35-51(37-52)54-25-18-26-59-60(54)66-62(55-39-53(63(3,4)5)40-56(61(55)68)64(6,7)8)67(59)58-28-27-46(33-42(58)2)43-19-12-9-13-20-43;/h9-36,38-40,68H,1-8H3;/q-1;/i1D3,2D3,3D3,4D3,5D3,6D3,7D3,8D3;. The van der Waals surface area contributed by atoms with E-state index < -0.39 is 99.5 Å². The fraction of sp³-hybridized carbons (Fsp3) is 0.156. The summed E-state index contributed by atoms with van der Waals surface area (Å²) in [7, 11) is 0. The Bertz CT molecular complexity index is 4340. The SMILES string of the molecule is [2H]C([2H])([2H])c1cc(-c2ccccc2)cc(-c2ccnc(-c3[c-]c(-c4cccc5c4nc(-c4cc(C(C([2H])([2H])[2H])(C([2H])([2H])[2H])C([2H])([2H])[2H])cc(C(C([2H])([2H])[2H])(C([2H])([2H])[2H])C([2H])([2H])[2H])c4O)n5-c4ccc(-c5ccccc5)cc4C([2H])([2H])[2H])cc(-c4ccccc4)c3)c2)c1.[Pt]. The van der Waals surface area contributed by atoms with E-state index >= 15 is 0 Å². The average molecular weight is 1100 g/mol.